The molecule has 7 heteroatoms. The maximum absolute atomic E-state index is 12.7. The fourth-order valence-electron chi connectivity index (χ4n) is 3.14. The minimum Gasteiger partial charge on any atom is -0.494 e. The van der Waals surface area contributed by atoms with Crippen molar-refractivity contribution in [3.8, 4) is 5.75 Å². The molecule has 1 N–H and O–H groups in total. The zero-order valence-corrected chi connectivity index (χ0v) is 16.9. The number of nitrogens with one attached hydrogen (secondary N) is 1. The number of rotatable bonds is 6. The van der Waals surface area contributed by atoms with Gasteiger partial charge in [-0.2, -0.15) is 0 Å². The highest BCUT2D eigenvalue weighted by Crippen LogP contribution is 2.23. The molecular weight excluding hydrogens is 385 g/mol. The van der Waals surface area contributed by atoms with Crippen LogP contribution in [-0.2, 0) is 4.79 Å². The Labute approximate surface area is 171 Å². The van der Waals surface area contributed by atoms with Crippen LogP contribution in [0.3, 0.4) is 0 Å². The first kappa shape index (κ1) is 21.5. The second-order valence-electron chi connectivity index (χ2n) is 6.46. The number of benzene rings is 1. The molecule has 5 nitrogen and oxygen atoms in total. The number of carbonyl (C=O) groups excluding carboxylic acids is 1. The Bertz CT molecular complexity index is 743. The normalized spacial score (nSPS) is 16.5. The minimum absolute atomic E-state index is 0. The molecule has 1 aromatic heterocycles. The average Bonchev–Trinajstić information content (AvgIpc) is 2.68. The van der Waals surface area contributed by atoms with Crippen LogP contribution in [0.1, 0.15) is 30.0 Å². The van der Waals surface area contributed by atoms with Gasteiger partial charge in [-0.15, -0.1) is 12.4 Å². The molecule has 146 valence electrons. The average molecular weight is 410 g/mol. The molecule has 3 rings (SSSR count). The van der Waals surface area contributed by atoms with Gasteiger partial charge in [0.2, 0.25) is 5.91 Å². The summed E-state index contributed by atoms with van der Waals surface area (Å²) >= 11 is 6.02. The predicted molar refractivity (Wildman–Crippen MR) is 110 cm³/mol. The second kappa shape index (κ2) is 10.5. The SMILES string of the molecule is Cc1cc(OCCCC(=O)N2CCNCC2c2cccnc2)ccc1Cl.Cl. The van der Waals surface area contributed by atoms with Gasteiger partial charge in [-0.25, -0.2) is 0 Å². The lowest BCUT2D eigenvalue weighted by molar-refractivity contribution is -0.134. The molecule has 1 saturated heterocycles. The van der Waals surface area contributed by atoms with Crippen LogP contribution < -0.4 is 10.1 Å². The van der Waals surface area contributed by atoms with E-state index in [2.05, 4.69) is 10.3 Å². The molecule has 0 bridgehead atoms. The molecule has 1 fully saturated rings. The number of carbonyl (C=O) groups is 1. The Kier molecular flexibility index (Phi) is 8.35. The van der Waals surface area contributed by atoms with Gasteiger partial charge in [0.15, 0.2) is 0 Å². The number of hydrogen-bond donors (Lipinski definition) is 1. The summed E-state index contributed by atoms with van der Waals surface area (Å²) in [5, 5.41) is 4.09. The molecule has 0 saturated carbocycles. The number of nitrogens with zero attached hydrogens (tertiary/aromatic N) is 2. The van der Waals surface area contributed by atoms with Crippen LogP contribution in [-0.4, -0.2) is 42.0 Å². The molecule has 2 aromatic rings. The number of piperazine rings is 1. The van der Waals surface area contributed by atoms with Crippen LogP contribution in [0.5, 0.6) is 5.75 Å². The Balaban J connectivity index is 0.00000261. The number of pyridine rings is 1. The van der Waals surface area contributed by atoms with Crippen molar-refractivity contribution in [2.75, 3.05) is 26.2 Å². The van der Waals surface area contributed by atoms with E-state index >= 15 is 0 Å². The number of halogens is 2. The molecule has 1 amide bonds. The monoisotopic (exact) mass is 409 g/mol. The molecule has 2 heterocycles. The van der Waals surface area contributed by atoms with Gasteiger partial charge in [0.1, 0.15) is 5.75 Å². The van der Waals surface area contributed by atoms with Crippen LogP contribution >= 0.6 is 24.0 Å². The van der Waals surface area contributed by atoms with Crippen molar-refractivity contribution in [2.24, 2.45) is 0 Å². The van der Waals surface area contributed by atoms with Crippen molar-refractivity contribution in [1.82, 2.24) is 15.2 Å². The zero-order valence-electron chi connectivity index (χ0n) is 15.4. The minimum atomic E-state index is 0. The maximum atomic E-state index is 12.7. The lowest BCUT2D eigenvalue weighted by Crippen LogP contribution is -2.48. The molecule has 1 aliphatic heterocycles. The largest absolute Gasteiger partial charge is 0.494 e. The van der Waals surface area contributed by atoms with E-state index in [1.165, 1.54) is 0 Å². The summed E-state index contributed by atoms with van der Waals surface area (Å²) in [4.78, 5) is 18.8. The van der Waals surface area contributed by atoms with Crippen LogP contribution in [0.4, 0.5) is 0 Å². The van der Waals surface area contributed by atoms with Gasteiger partial charge < -0.3 is 15.0 Å². The first-order valence-corrected chi connectivity index (χ1v) is 9.32. The smallest absolute Gasteiger partial charge is 0.223 e. The fourth-order valence-corrected chi connectivity index (χ4v) is 3.26. The zero-order chi connectivity index (χ0) is 18.4. The molecule has 0 aliphatic carbocycles. The number of hydrogen-bond acceptors (Lipinski definition) is 4. The van der Waals surface area contributed by atoms with E-state index in [4.69, 9.17) is 16.3 Å². The van der Waals surface area contributed by atoms with Crippen molar-refractivity contribution < 1.29 is 9.53 Å². The van der Waals surface area contributed by atoms with Crippen molar-refractivity contribution in [3.05, 3.63) is 58.9 Å². The van der Waals surface area contributed by atoms with E-state index in [1.54, 1.807) is 6.20 Å². The Morgan fingerprint density at radius 2 is 2.26 bits per heavy atom. The summed E-state index contributed by atoms with van der Waals surface area (Å²) in [5.74, 6) is 0.950. The highest BCUT2D eigenvalue weighted by Gasteiger charge is 2.27. The highest BCUT2D eigenvalue weighted by molar-refractivity contribution is 6.31. The van der Waals surface area contributed by atoms with Crippen molar-refractivity contribution >= 4 is 29.9 Å². The third-order valence-corrected chi connectivity index (χ3v) is 4.99. The second-order valence-corrected chi connectivity index (χ2v) is 6.86. The molecule has 27 heavy (non-hydrogen) atoms. The number of amides is 1. The number of aryl methyl sites for hydroxylation is 1. The summed E-state index contributed by atoms with van der Waals surface area (Å²) in [7, 11) is 0. The molecule has 1 unspecified atom stereocenters. The third kappa shape index (κ3) is 5.83. The number of ether oxygens (including phenoxy) is 1. The summed E-state index contributed by atoms with van der Waals surface area (Å²) in [6.45, 7) is 4.76. The third-order valence-electron chi connectivity index (χ3n) is 4.57. The van der Waals surface area contributed by atoms with Crippen molar-refractivity contribution in [1.29, 1.82) is 0 Å². The van der Waals surface area contributed by atoms with Gasteiger partial charge >= 0.3 is 0 Å². The molecule has 1 atom stereocenters. The first-order valence-electron chi connectivity index (χ1n) is 8.94. The van der Waals surface area contributed by atoms with Crippen LogP contribution in [0.25, 0.3) is 0 Å². The van der Waals surface area contributed by atoms with Gasteiger partial charge in [0.25, 0.3) is 0 Å². The molecule has 0 radical (unpaired) electrons. The van der Waals surface area contributed by atoms with Crippen LogP contribution in [0.2, 0.25) is 5.02 Å². The van der Waals surface area contributed by atoms with E-state index in [-0.39, 0.29) is 24.4 Å². The predicted octanol–water partition coefficient (Wildman–Crippen LogP) is 3.80. The van der Waals surface area contributed by atoms with Gasteiger partial charge in [-0.05, 0) is 48.7 Å². The topological polar surface area (TPSA) is 54.5 Å². The number of aromatic nitrogens is 1. The van der Waals surface area contributed by atoms with Crippen molar-refractivity contribution in [2.45, 2.75) is 25.8 Å². The summed E-state index contributed by atoms with van der Waals surface area (Å²) in [6.07, 6.45) is 4.75. The van der Waals surface area contributed by atoms with E-state index in [0.29, 0.717) is 19.4 Å². The molecule has 0 spiro atoms. The lowest BCUT2D eigenvalue weighted by atomic mass is 10.0. The fraction of sp³-hybridized carbons (Fsp3) is 0.400. The molecule has 1 aliphatic rings. The summed E-state index contributed by atoms with van der Waals surface area (Å²) < 4.78 is 5.74. The van der Waals surface area contributed by atoms with Gasteiger partial charge in [-0.3, -0.25) is 9.78 Å². The lowest BCUT2D eigenvalue weighted by Gasteiger charge is -2.36. The highest BCUT2D eigenvalue weighted by atomic mass is 35.5. The van der Waals surface area contributed by atoms with E-state index in [1.807, 2.05) is 48.4 Å². The van der Waals surface area contributed by atoms with E-state index < -0.39 is 0 Å². The Hall–Kier alpha value is -1.82. The van der Waals surface area contributed by atoms with Crippen LogP contribution in [0.15, 0.2) is 42.7 Å². The van der Waals surface area contributed by atoms with Gasteiger partial charge in [0.05, 0.1) is 12.6 Å². The van der Waals surface area contributed by atoms with Gasteiger partial charge in [0, 0.05) is 43.5 Å². The summed E-state index contributed by atoms with van der Waals surface area (Å²) in [5.41, 5.74) is 2.06. The quantitative estimate of drug-likeness (QED) is 0.737. The van der Waals surface area contributed by atoms with Crippen LogP contribution in [0, 0.1) is 6.92 Å². The van der Waals surface area contributed by atoms with Crippen molar-refractivity contribution in [3.63, 3.8) is 0 Å². The maximum Gasteiger partial charge on any atom is 0.223 e. The Morgan fingerprint density at radius 3 is 3.00 bits per heavy atom. The van der Waals surface area contributed by atoms with Gasteiger partial charge in [-0.1, -0.05) is 17.7 Å². The molecular formula is C20H25Cl2N3O2. The van der Waals surface area contributed by atoms with E-state index in [0.717, 1.165) is 41.5 Å². The Morgan fingerprint density at radius 1 is 1.41 bits per heavy atom. The first-order chi connectivity index (χ1) is 12.6. The molecule has 1 aromatic carbocycles. The standard InChI is InChI=1S/C20H24ClN3O2.ClH/c1-15-12-17(6-7-18(15)21)26-11-3-5-20(25)24-10-9-23-14-19(24)16-4-2-8-22-13-16;/h2,4,6-8,12-13,19,23H,3,5,9-11,14H2,1H3;1H. The summed E-state index contributed by atoms with van der Waals surface area (Å²) in [6, 6.07) is 9.58. The van der Waals surface area contributed by atoms with E-state index in [9.17, 15) is 4.79 Å².